The predicted molar refractivity (Wildman–Crippen MR) is 91.0 cm³/mol. The highest BCUT2D eigenvalue weighted by molar-refractivity contribution is 6.31. The Labute approximate surface area is 151 Å². The lowest BCUT2D eigenvalue weighted by Gasteiger charge is -2.06. The molecule has 0 bridgehead atoms. The molecule has 134 valence electrons. The van der Waals surface area contributed by atoms with E-state index in [1.165, 1.54) is 30.3 Å². The molecule has 0 unspecified atom stereocenters. The lowest BCUT2D eigenvalue weighted by atomic mass is 10.2. The van der Waals surface area contributed by atoms with Crippen LogP contribution >= 0.6 is 11.6 Å². The minimum absolute atomic E-state index is 0.0910. The average molecular weight is 379 g/mol. The van der Waals surface area contributed by atoms with Crippen LogP contribution in [0.15, 0.2) is 30.3 Å². The number of fused-ring (bicyclic) bond motifs is 1. The van der Waals surface area contributed by atoms with Crippen LogP contribution in [-0.2, 0) is 0 Å². The molecule has 2 heterocycles. The molecule has 1 fully saturated rings. The zero-order chi connectivity index (χ0) is 18.4. The molecule has 1 amide bonds. The molecule has 3 aromatic rings. The first-order valence-electron chi connectivity index (χ1n) is 7.91. The number of benzene rings is 1. The van der Waals surface area contributed by atoms with Gasteiger partial charge in [0, 0.05) is 22.7 Å². The molecule has 0 saturated heterocycles. The van der Waals surface area contributed by atoms with Crippen molar-refractivity contribution < 1.29 is 18.7 Å². The van der Waals surface area contributed by atoms with E-state index < -0.39 is 12.3 Å². The Balaban J connectivity index is 1.71. The van der Waals surface area contributed by atoms with E-state index >= 15 is 0 Å². The summed E-state index contributed by atoms with van der Waals surface area (Å²) in [4.78, 5) is 16.7. The van der Waals surface area contributed by atoms with Crippen molar-refractivity contribution in [3.8, 4) is 5.75 Å². The third-order valence-electron chi connectivity index (χ3n) is 4.13. The van der Waals surface area contributed by atoms with Gasteiger partial charge in [-0.25, -0.2) is 18.3 Å². The summed E-state index contributed by atoms with van der Waals surface area (Å²) < 4.78 is 27.7. The van der Waals surface area contributed by atoms with Gasteiger partial charge in [-0.3, -0.25) is 4.79 Å². The largest absolute Gasteiger partial charge is 0.506 e. The number of rotatable bonds is 4. The summed E-state index contributed by atoms with van der Waals surface area (Å²) in [7, 11) is 0. The van der Waals surface area contributed by atoms with Crippen molar-refractivity contribution in [3.63, 3.8) is 0 Å². The molecule has 0 atom stereocenters. The van der Waals surface area contributed by atoms with E-state index in [4.69, 9.17) is 11.6 Å². The summed E-state index contributed by atoms with van der Waals surface area (Å²) in [6.07, 6.45) is -0.909. The van der Waals surface area contributed by atoms with E-state index in [0.29, 0.717) is 10.7 Å². The number of hydrogen-bond acceptors (Lipinski definition) is 4. The van der Waals surface area contributed by atoms with Gasteiger partial charge in [-0.05, 0) is 37.1 Å². The number of phenols is 1. The molecule has 1 aliphatic rings. The van der Waals surface area contributed by atoms with E-state index in [1.807, 2.05) is 0 Å². The van der Waals surface area contributed by atoms with Gasteiger partial charge in [0.15, 0.2) is 11.3 Å². The fourth-order valence-electron chi connectivity index (χ4n) is 2.67. The Morgan fingerprint density at radius 2 is 2.08 bits per heavy atom. The number of aromatic nitrogens is 3. The molecule has 26 heavy (non-hydrogen) atoms. The number of nitrogens with zero attached hydrogens (tertiary/aromatic N) is 3. The highest BCUT2D eigenvalue weighted by Crippen LogP contribution is 2.40. The van der Waals surface area contributed by atoms with Gasteiger partial charge in [0.1, 0.15) is 11.4 Å². The molecule has 0 radical (unpaired) electrons. The molecule has 4 rings (SSSR count). The Morgan fingerprint density at radius 3 is 2.77 bits per heavy atom. The Kier molecular flexibility index (Phi) is 3.99. The van der Waals surface area contributed by atoms with Crippen LogP contribution in [-0.4, -0.2) is 25.6 Å². The zero-order valence-corrected chi connectivity index (χ0v) is 14.0. The first-order valence-corrected chi connectivity index (χ1v) is 8.29. The minimum atomic E-state index is -2.74. The topological polar surface area (TPSA) is 79.5 Å². The van der Waals surface area contributed by atoms with Gasteiger partial charge in [-0.15, -0.1) is 0 Å². The zero-order valence-electron chi connectivity index (χ0n) is 13.3. The second-order valence-corrected chi connectivity index (χ2v) is 6.53. The number of anilines is 1. The average Bonchev–Trinajstić information content (AvgIpc) is 3.35. The highest BCUT2D eigenvalue weighted by atomic mass is 35.5. The first kappa shape index (κ1) is 16.7. The SMILES string of the molecule is O=C(Nc1cc(Cl)ccc1O)c1cc2nc(C3CC3)cc(C(F)F)n2n1. The summed E-state index contributed by atoms with van der Waals surface area (Å²) in [5.41, 5.74) is 0.478. The number of amides is 1. The Morgan fingerprint density at radius 1 is 1.31 bits per heavy atom. The van der Waals surface area contributed by atoms with Crippen LogP contribution in [0.3, 0.4) is 0 Å². The van der Waals surface area contributed by atoms with Crippen LogP contribution in [0.25, 0.3) is 5.65 Å². The number of nitrogens with one attached hydrogen (secondary N) is 1. The summed E-state index contributed by atoms with van der Waals surface area (Å²) in [5.74, 6) is -0.650. The van der Waals surface area contributed by atoms with Gasteiger partial charge in [-0.1, -0.05) is 11.6 Å². The van der Waals surface area contributed by atoms with Gasteiger partial charge >= 0.3 is 0 Å². The van der Waals surface area contributed by atoms with E-state index in [0.717, 1.165) is 17.4 Å². The van der Waals surface area contributed by atoms with Crippen molar-refractivity contribution in [2.75, 3.05) is 5.32 Å². The van der Waals surface area contributed by atoms with E-state index in [2.05, 4.69) is 15.4 Å². The third kappa shape index (κ3) is 3.08. The summed E-state index contributed by atoms with van der Waals surface area (Å²) >= 11 is 5.84. The number of aromatic hydroxyl groups is 1. The highest BCUT2D eigenvalue weighted by Gasteiger charge is 2.28. The van der Waals surface area contributed by atoms with Gasteiger partial charge in [0.2, 0.25) is 0 Å². The minimum Gasteiger partial charge on any atom is -0.506 e. The van der Waals surface area contributed by atoms with Crippen LogP contribution in [0, 0.1) is 0 Å². The predicted octanol–water partition coefficient (Wildman–Crippen LogP) is 4.16. The van der Waals surface area contributed by atoms with Crippen LogP contribution in [0.5, 0.6) is 5.75 Å². The van der Waals surface area contributed by atoms with Crippen LogP contribution in [0.4, 0.5) is 14.5 Å². The molecule has 2 N–H and O–H groups in total. The second kappa shape index (κ2) is 6.21. The molecule has 2 aromatic heterocycles. The molecule has 1 aromatic carbocycles. The fraction of sp³-hybridized carbons (Fsp3) is 0.235. The molecular weight excluding hydrogens is 366 g/mol. The normalized spacial score (nSPS) is 14.2. The quantitative estimate of drug-likeness (QED) is 0.668. The third-order valence-corrected chi connectivity index (χ3v) is 4.37. The van der Waals surface area contributed by atoms with Crippen LogP contribution in [0.2, 0.25) is 5.02 Å². The van der Waals surface area contributed by atoms with Gasteiger partial charge in [0.25, 0.3) is 12.3 Å². The van der Waals surface area contributed by atoms with Crippen LogP contribution in [0.1, 0.15) is 47.1 Å². The Hall–Kier alpha value is -2.74. The summed E-state index contributed by atoms with van der Waals surface area (Å²) in [6.45, 7) is 0. The summed E-state index contributed by atoms with van der Waals surface area (Å²) in [6, 6.07) is 6.86. The summed E-state index contributed by atoms with van der Waals surface area (Å²) in [5, 5.41) is 16.5. The first-order chi connectivity index (χ1) is 12.4. The van der Waals surface area contributed by atoms with Crippen molar-refractivity contribution >= 4 is 28.8 Å². The molecule has 6 nitrogen and oxygen atoms in total. The van der Waals surface area contributed by atoms with Crippen molar-refractivity contribution in [3.05, 3.63) is 52.4 Å². The molecule has 9 heteroatoms. The number of carbonyl (C=O) groups excluding carboxylic acids is 1. The van der Waals surface area contributed by atoms with Crippen LogP contribution < -0.4 is 5.32 Å². The fourth-order valence-corrected chi connectivity index (χ4v) is 2.84. The molecule has 1 saturated carbocycles. The lowest BCUT2D eigenvalue weighted by molar-refractivity contribution is 0.102. The molecule has 0 spiro atoms. The van der Waals surface area contributed by atoms with Crippen molar-refractivity contribution in [2.45, 2.75) is 25.2 Å². The van der Waals surface area contributed by atoms with Gasteiger partial charge < -0.3 is 10.4 Å². The van der Waals surface area contributed by atoms with Crippen molar-refractivity contribution in [2.24, 2.45) is 0 Å². The number of hydrogen-bond donors (Lipinski definition) is 2. The van der Waals surface area contributed by atoms with E-state index in [-0.39, 0.29) is 34.4 Å². The number of carbonyl (C=O) groups is 1. The number of alkyl halides is 2. The maximum absolute atomic E-state index is 13.4. The standard InChI is InChI=1S/C17H13ClF2N4O2/c18-9-3-4-14(25)11(5-9)22-17(26)12-7-15-21-10(8-1-2-8)6-13(16(19)20)24(15)23-12/h3-8,16,25H,1-2H2,(H,22,26). The lowest BCUT2D eigenvalue weighted by Crippen LogP contribution is -2.13. The van der Waals surface area contributed by atoms with Gasteiger partial charge in [0.05, 0.1) is 5.69 Å². The number of phenolic OH excluding ortho intramolecular Hbond substituents is 1. The van der Waals surface area contributed by atoms with Crippen molar-refractivity contribution in [1.82, 2.24) is 14.6 Å². The van der Waals surface area contributed by atoms with E-state index in [1.54, 1.807) is 0 Å². The maximum Gasteiger partial charge on any atom is 0.280 e. The molecule has 0 aliphatic heterocycles. The Bertz CT molecular complexity index is 1020. The molecular formula is C17H13ClF2N4O2. The number of halogens is 3. The smallest absolute Gasteiger partial charge is 0.280 e. The van der Waals surface area contributed by atoms with Gasteiger partial charge in [-0.2, -0.15) is 5.10 Å². The second-order valence-electron chi connectivity index (χ2n) is 6.10. The van der Waals surface area contributed by atoms with Crippen molar-refractivity contribution in [1.29, 1.82) is 0 Å². The maximum atomic E-state index is 13.4. The monoisotopic (exact) mass is 378 g/mol. The van der Waals surface area contributed by atoms with E-state index in [9.17, 15) is 18.7 Å². The molecule has 1 aliphatic carbocycles.